The number of guanidine groups is 1. The molecule has 10 heteroatoms. The zero-order chi connectivity index (χ0) is 20.5. The van der Waals surface area contributed by atoms with Crippen molar-refractivity contribution in [2.75, 3.05) is 24.6 Å². The fourth-order valence-corrected chi connectivity index (χ4v) is 2.62. The molecule has 0 aliphatic carbocycles. The second-order valence-electron chi connectivity index (χ2n) is 6.14. The molecule has 1 amide bonds. The van der Waals surface area contributed by atoms with Gasteiger partial charge in [0.25, 0.3) is 5.91 Å². The summed E-state index contributed by atoms with van der Waals surface area (Å²) in [6.45, 7) is 0.684. The predicted octanol–water partition coefficient (Wildman–Crippen LogP) is 1.11. The van der Waals surface area contributed by atoms with Gasteiger partial charge in [-0.3, -0.25) is 15.5 Å². The number of carbonyl (C=O) groups is 1. The van der Waals surface area contributed by atoms with Gasteiger partial charge in [-0.1, -0.05) is 35.9 Å². The van der Waals surface area contributed by atoms with E-state index < -0.39 is 5.91 Å². The molecule has 8 N–H and O–H groups in total. The van der Waals surface area contributed by atoms with E-state index in [4.69, 9.17) is 33.6 Å². The Morgan fingerprint density at radius 2 is 1.71 bits per heavy atom. The fraction of sp³-hybridized carbons (Fsp3) is 0.333. The summed E-state index contributed by atoms with van der Waals surface area (Å²) in [5, 5.41) is 21.7. The molecular weight excluding hydrogens is 382 g/mol. The monoisotopic (exact) mass is 405 g/mol. The molecule has 0 unspecified atom stereocenters. The number of aliphatic hydroxyl groups is 1. The molecule has 1 heterocycles. The Morgan fingerprint density at radius 1 is 1.07 bits per heavy atom. The summed E-state index contributed by atoms with van der Waals surface area (Å²) in [5.41, 5.74) is 13.2. The summed E-state index contributed by atoms with van der Waals surface area (Å²) >= 11 is 5.75. The van der Waals surface area contributed by atoms with Crippen LogP contribution in [0.25, 0.3) is 0 Å². The van der Waals surface area contributed by atoms with Crippen molar-refractivity contribution in [1.82, 2.24) is 20.6 Å². The van der Waals surface area contributed by atoms with Gasteiger partial charge in [0.05, 0.1) is 0 Å². The number of nitrogens with two attached hydrogens (primary N) is 2. The molecule has 150 valence electrons. The zero-order valence-corrected chi connectivity index (χ0v) is 16.1. The van der Waals surface area contributed by atoms with Crippen LogP contribution in [0, 0.1) is 5.41 Å². The summed E-state index contributed by atoms with van der Waals surface area (Å²) in [5.74, 6) is -1.07. The Kier molecular flexibility index (Phi) is 7.97. The van der Waals surface area contributed by atoms with Gasteiger partial charge in [0, 0.05) is 13.2 Å². The molecule has 0 aliphatic rings. The van der Waals surface area contributed by atoms with Crippen molar-refractivity contribution in [3.63, 3.8) is 0 Å². The van der Waals surface area contributed by atoms with Gasteiger partial charge in [-0.25, -0.2) is 9.97 Å². The molecule has 0 bridgehead atoms. The van der Waals surface area contributed by atoms with Gasteiger partial charge in [0.15, 0.2) is 28.4 Å². The highest BCUT2D eigenvalue weighted by Gasteiger charge is 2.16. The lowest BCUT2D eigenvalue weighted by molar-refractivity contribution is 0.0971. The van der Waals surface area contributed by atoms with Crippen LogP contribution in [-0.2, 0) is 12.8 Å². The Hall–Kier alpha value is -2.91. The molecule has 0 saturated heterocycles. The van der Waals surface area contributed by atoms with Gasteiger partial charge in [-0.15, -0.1) is 0 Å². The summed E-state index contributed by atoms with van der Waals surface area (Å²) in [6, 6.07) is 8.16. The molecule has 9 nitrogen and oxygen atoms in total. The minimum Gasteiger partial charge on any atom is -0.396 e. The molecule has 0 fully saturated rings. The van der Waals surface area contributed by atoms with E-state index in [1.165, 1.54) is 5.56 Å². The first kappa shape index (κ1) is 21.4. The van der Waals surface area contributed by atoms with Crippen molar-refractivity contribution in [1.29, 1.82) is 5.41 Å². The third kappa shape index (κ3) is 6.36. The number of nitrogens with one attached hydrogen (secondary N) is 3. The number of benzene rings is 1. The normalized spacial score (nSPS) is 10.5. The number of amides is 1. The number of aryl methyl sites for hydroxylation is 1. The van der Waals surface area contributed by atoms with Gasteiger partial charge >= 0.3 is 0 Å². The molecule has 0 saturated carbocycles. The van der Waals surface area contributed by atoms with E-state index in [-0.39, 0.29) is 35.0 Å². The van der Waals surface area contributed by atoms with E-state index in [1.54, 1.807) is 0 Å². The highest BCUT2D eigenvalue weighted by molar-refractivity contribution is 6.31. The largest absolute Gasteiger partial charge is 0.396 e. The van der Waals surface area contributed by atoms with E-state index in [1.807, 2.05) is 12.1 Å². The van der Waals surface area contributed by atoms with Crippen molar-refractivity contribution in [2.24, 2.45) is 0 Å². The van der Waals surface area contributed by atoms with Gasteiger partial charge in [0.2, 0.25) is 0 Å². The minimum atomic E-state index is -0.688. The van der Waals surface area contributed by atoms with Crippen LogP contribution in [0.1, 0.15) is 34.5 Å². The molecule has 0 spiro atoms. The Bertz CT molecular complexity index is 827. The quantitative estimate of drug-likeness (QED) is 0.217. The lowest BCUT2D eigenvalue weighted by atomic mass is 10.0. The number of hydrogen-bond acceptors (Lipinski definition) is 7. The first-order chi connectivity index (χ1) is 13.4. The third-order valence-corrected chi connectivity index (χ3v) is 4.25. The number of halogens is 1. The van der Waals surface area contributed by atoms with Crippen LogP contribution in [0.4, 0.5) is 11.6 Å². The Balaban J connectivity index is 1.70. The lowest BCUT2D eigenvalue weighted by Gasteiger charge is -2.10. The summed E-state index contributed by atoms with van der Waals surface area (Å²) in [6.07, 6.45) is 3.33. The number of aliphatic hydroxyl groups excluding tert-OH is 1. The maximum absolute atomic E-state index is 12.1. The predicted molar refractivity (Wildman–Crippen MR) is 109 cm³/mol. The Labute approximate surface area is 168 Å². The third-order valence-electron chi connectivity index (χ3n) is 3.98. The molecule has 28 heavy (non-hydrogen) atoms. The van der Waals surface area contributed by atoms with Crippen LogP contribution in [0.3, 0.4) is 0 Å². The lowest BCUT2D eigenvalue weighted by Crippen LogP contribution is -2.41. The topological polar surface area (TPSA) is 163 Å². The highest BCUT2D eigenvalue weighted by atomic mass is 35.5. The molecule has 2 aromatic rings. The fourth-order valence-electron chi connectivity index (χ4n) is 2.49. The number of unbranched alkanes of at least 4 members (excludes halogenated alkanes) is 1. The van der Waals surface area contributed by atoms with Crippen LogP contribution in [-0.4, -0.2) is 40.1 Å². The summed E-state index contributed by atoms with van der Waals surface area (Å²) in [4.78, 5) is 19.6. The van der Waals surface area contributed by atoms with E-state index in [9.17, 15) is 4.79 Å². The van der Waals surface area contributed by atoms with E-state index in [0.29, 0.717) is 13.0 Å². The second kappa shape index (κ2) is 10.4. The SMILES string of the molecule is N=C(NCCCCc1ccc(CCO)cc1)NC(=O)c1nc(Cl)c(N)nc1N. The summed E-state index contributed by atoms with van der Waals surface area (Å²) in [7, 11) is 0. The average Bonchev–Trinajstić information content (AvgIpc) is 2.66. The van der Waals surface area contributed by atoms with Crippen molar-refractivity contribution < 1.29 is 9.90 Å². The minimum absolute atomic E-state index is 0.0630. The van der Waals surface area contributed by atoms with Crippen LogP contribution < -0.4 is 22.1 Å². The molecular formula is C18H24ClN7O2. The van der Waals surface area contributed by atoms with Gasteiger partial charge in [-0.2, -0.15) is 0 Å². The van der Waals surface area contributed by atoms with Crippen LogP contribution in [0.5, 0.6) is 0 Å². The number of aromatic nitrogens is 2. The number of nitrogen functional groups attached to an aromatic ring is 2. The first-order valence-corrected chi connectivity index (χ1v) is 9.19. The molecule has 1 aromatic heterocycles. The number of anilines is 2. The zero-order valence-electron chi connectivity index (χ0n) is 15.3. The first-order valence-electron chi connectivity index (χ1n) is 8.81. The smallest absolute Gasteiger partial charge is 0.280 e. The molecule has 0 aliphatic heterocycles. The van der Waals surface area contributed by atoms with Crippen LogP contribution in [0.2, 0.25) is 5.15 Å². The van der Waals surface area contributed by atoms with Gasteiger partial charge in [0.1, 0.15) is 0 Å². The van der Waals surface area contributed by atoms with Crippen molar-refractivity contribution in [3.05, 3.63) is 46.2 Å². The standard InChI is InChI=1S/C18H24ClN7O2/c19-14-16(21)25-15(20)13(24-14)17(28)26-18(22)23-9-2-1-3-11-4-6-12(7-5-11)8-10-27/h4-7,27H,1-3,8-10H2,(H4,20,21,25)(H3,22,23,26,28). The van der Waals surface area contributed by atoms with Crippen molar-refractivity contribution >= 4 is 35.1 Å². The molecule has 0 atom stereocenters. The number of nitrogens with zero attached hydrogens (tertiary/aromatic N) is 2. The maximum atomic E-state index is 12.1. The Morgan fingerprint density at radius 3 is 2.36 bits per heavy atom. The van der Waals surface area contributed by atoms with Crippen molar-refractivity contribution in [2.45, 2.75) is 25.7 Å². The molecule has 2 rings (SSSR count). The molecule has 0 radical (unpaired) electrons. The number of rotatable bonds is 8. The second-order valence-corrected chi connectivity index (χ2v) is 6.49. The number of hydrogen-bond donors (Lipinski definition) is 6. The summed E-state index contributed by atoms with van der Waals surface area (Å²) < 4.78 is 0. The van der Waals surface area contributed by atoms with Gasteiger partial charge < -0.3 is 21.9 Å². The van der Waals surface area contributed by atoms with Crippen LogP contribution in [0.15, 0.2) is 24.3 Å². The maximum Gasteiger partial charge on any atom is 0.280 e. The van der Waals surface area contributed by atoms with E-state index in [0.717, 1.165) is 24.8 Å². The van der Waals surface area contributed by atoms with E-state index >= 15 is 0 Å². The van der Waals surface area contributed by atoms with Crippen LogP contribution >= 0.6 is 11.6 Å². The number of carbonyl (C=O) groups excluding carboxylic acids is 1. The van der Waals surface area contributed by atoms with Crippen molar-refractivity contribution in [3.8, 4) is 0 Å². The highest BCUT2D eigenvalue weighted by Crippen LogP contribution is 2.17. The average molecular weight is 406 g/mol. The molecule has 1 aromatic carbocycles. The van der Waals surface area contributed by atoms with Gasteiger partial charge in [-0.05, 0) is 36.8 Å². The van der Waals surface area contributed by atoms with E-state index in [2.05, 4.69) is 32.7 Å².